The molecule has 1 unspecified atom stereocenters. The lowest BCUT2D eigenvalue weighted by molar-refractivity contribution is -0.125. The zero-order chi connectivity index (χ0) is 16.4. The number of nitrogens with two attached hydrogens (primary N) is 1. The second-order valence-corrected chi connectivity index (χ2v) is 5.58. The van der Waals surface area contributed by atoms with Gasteiger partial charge in [0.2, 0.25) is 15.9 Å². The van der Waals surface area contributed by atoms with Crippen LogP contribution in [0.5, 0.6) is 0 Å². The first-order chi connectivity index (χ1) is 9.56. The highest BCUT2D eigenvalue weighted by Crippen LogP contribution is 2.19. The molecule has 8 nitrogen and oxygen atoms in total. The van der Waals surface area contributed by atoms with Crippen LogP contribution >= 0.6 is 0 Å². The fourth-order valence-electron chi connectivity index (χ4n) is 1.25. The lowest BCUT2D eigenvalue weighted by Gasteiger charge is -2.11. The Kier molecular flexibility index (Phi) is 4.93. The number of aliphatic hydroxyl groups excluding tert-OH is 1. The summed E-state index contributed by atoms with van der Waals surface area (Å²) in [7, 11) is -4.69. The zero-order valence-corrected chi connectivity index (χ0v) is 11.0. The average Bonchev–Trinajstić information content (AvgIpc) is 2.38. The molecule has 116 valence electrons. The first-order valence-electron chi connectivity index (χ1n) is 5.25. The lowest BCUT2D eigenvalue weighted by atomic mass is 10.2. The van der Waals surface area contributed by atoms with Crippen molar-refractivity contribution in [1.82, 2.24) is 4.72 Å². The van der Waals surface area contributed by atoms with Gasteiger partial charge in [0, 0.05) is 6.54 Å². The summed E-state index contributed by atoms with van der Waals surface area (Å²) in [5.41, 5.74) is 3.90. The standard InChI is InChI=1S/C10H10F2N2O6S/c11-5-1-4(10(17)18)2-7(8(5)12)21(19,20)14-3-6(15)9(13)16/h1-2,6,14-15H,3H2,(H2,13,16)(H,17,18). The number of sulfonamides is 1. The Labute approximate surface area is 117 Å². The number of carboxylic acid groups (broad SMARTS) is 1. The quantitative estimate of drug-likeness (QED) is 0.516. The van der Waals surface area contributed by atoms with Gasteiger partial charge in [0.1, 0.15) is 11.0 Å². The van der Waals surface area contributed by atoms with Gasteiger partial charge in [-0.15, -0.1) is 0 Å². The molecule has 0 aliphatic carbocycles. The third-order valence-corrected chi connectivity index (χ3v) is 3.75. The topological polar surface area (TPSA) is 147 Å². The van der Waals surface area contributed by atoms with Gasteiger partial charge in [-0.25, -0.2) is 26.7 Å². The average molecular weight is 324 g/mol. The lowest BCUT2D eigenvalue weighted by Crippen LogP contribution is -2.40. The number of hydrogen-bond donors (Lipinski definition) is 4. The minimum atomic E-state index is -4.69. The third-order valence-electron chi connectivity index (χ3n) is 2.33. The second-order valence-electron chi connectivity index (χ2n) is 3.85. The largest absolute Gasteiger partial charge is 0.478 e. The number of aromatic carboxylic acids is 1. The van der Waals surface area contributed by atoms with Crippen molar-refractivity contribution in [1.29, 1.82) is 0 Å². The SMILES string of the molecule is NC(=O)C(O)CNS(=O)(=O)c1cc(C(=O)O)cc(F)c1F. The van der Waals surface area contributed by atoms with E-state index < -0.39 is 56.6 Å². The molecule has 21 heavy (non-hydrogen) atoms. The molecular weight excluding hydrogens is 314 g/mol. The molecule has 0 bridgehead atoms. The van der Waals surface area contributed by atoms with E-state index in [9.17, 15) is 26.8 Å². The number of benzene rings is 1. The number of carboxylic acids is 1. The van der Waals surface area contributed by atoms with Crippen LogP contribution in [-0.2, 0) is 14.8 Å². The van der Waals surface area contributed by atoms with Gasteiger partial charge in [-0.2, -0.15) is 0 Å². The van der Waals surface area contributed by atoms with Crippen LogP contribution in [0, 0.1) is 11.6 Å². The molecule has 1 atom stereocenters. The van der Waals surface area contributed by atoms with Crippen LogP contribution in [0.1, 0.15) is 10.4 Å². The van der Waals surface area contributed by atoms with Crippen LogP contribution in [0.3, 0.4) is 0 Å². The summed E-state index contributed by atoms with van der Waals surface area (Å²) >= 11 is 0. The summed E-state index contributed by atoms with van der Waals surface area (Å²) in [5.74, 6) is -6.36. The zero-order valence-electron chi connectivity index (χ0n) is 10.2. The normalized spacial score (nSPS) is 12.9. The van der Waals surface area contributed by atoms with Gasteiger partial charge in [0.15, 0.2) is 11.6 Å². The van der Waals surface area contributed by atoms with Gasteiger partial charge >= 0.3 is 5.97 Å². The van der Waals surface area contributed by atoms with E-state index in [4.69, 9.17) is 10.2 Å². The van der Waals surface area contributed by atoms with Gasteiger partial charge in [-0.05, 0) is 12.1 Å². The van der Waals surface area contributed by atoms with Crippen LogP contribution in [0.25, 0.3) is 0 Å². The number of hydrogen-bond acceptors (Lipinski definition) is 5. The van der Waals surface area contributed by atoms with Crippen LogP contribution in [-0.4, -0.2) is 43.2 Å². The summed E-state index contributed by atoms with van der Waals surface area (Å²) < 4.78 is 51.8. The van der Waals surface area contributed by atoms with Gasteiger partial charge < -0.3 is 15.9 Å². The fraction of sp³-hybridized carbons (Fsp3) is 0.200. The number of halogens is 2. The van der Waals surface area contributed by atoms with E-state index in [1.165, 1.54) is 0 Å². The number of carbonyl (C=O) groups is 2. The number of carbonyl (C=O) groups excluding carboxylic acids is 1. The third kappa shape index (κ3) is 3.93. The summed E-state index contributed by atoms with van der Waals surface area (Å²) in [4.78, 5) is 20.0. The molecule has 0 fully saturated rings. The fourth-order valence-corrected chi connectivity index (χ4v) is 2.40. The number of rotatable bonds is 6. The highest BCUT2D eigenvalue weighted by Gasteiger charge is 2.25. The van der Waals surface area contributed by atoms with Crippen molar-refractivity contribution >= 4 is 21.9 Å². The van der Waals surface area contributed by atoms with Crippen molar-refractivity contribution in [3.63, 3.8) is 0 Å². The summed E-state index contributed by atoms with van der Waals surface area (Å²) in [6, 6.07) is 0.717. The molecule has 0 heterocycles. The molecule has 11 heteroatoms. The molecule has 0 spiro atoms. The van der Waals surface area contributed by atoms with Gasteiger partial charge in [-0.1, -0.05) is 0 Å². The maximum absolute atomic E-state index is 13.5. The minimum absolute atomic E-state index is 0.314. The van der Waals surface area contributed by atoms with E-state index >= 15 is 0 Å². The molecule has 0 aliphatic heterocycles. The van der Waals surface area contributed by atoms with Crippen molar-refractivity contribution < 1.29 is 37.0 Å². The number of aliphatic hydroxyl groups is 1. The molecule has 0 saturated carbocycles. The Bertz CT molecular complexity index is 691. The molecule has 1 aromatic rings. The Hall–Kier alpha value is -2.11. The highest BCUT2D eigenvalue weighted by molar-refractivity contribution is 7.89. The van der Waals surface area contributed by atoms with Crippen molar-refractivity contribution in [2.45, 2.75) is 11.0 Å². The maximum atomic E-state index is 13.5. The molecule has 0 saturated heterocycles. The summed E-state index contributed by atoms with van der Waals surface area (Å²) in [6.07, 6.45) is -1.88. The Balaban J connectivity index is 3.19. The first kappa shape index (κ1) is 16.9. The number of nitrogens with one attached hydrogen (secondary N) is 1. The molecule has 5 N–H and O–H groups in total. The Morgan fingerprint density at radius 3 is 2.38 bits per heavy atom. The highest BCUT2D eigenvalue weighted by atomic mass is 32.2. The first-order valence-corrected chi connectivity index (χ1v) is 6.74. The predicted octanol–water partition coefficient (Wildman–Crippen LogP) is -1.21. The van der Waals surface area contributed by atoms with Crippen molar-refractivity contribution in [2.75, 3.05) is 6.54 Å². The van der Waals surface area contributed by atoms with Gasteiger partial charge in [0.25, 0.3) is 0 Å². The second kappa shape index (κ2) is 6.11. The summed E-state index contributed by atoms with van der Waals surface area (Å²) in [6.45, 7) is -0.879. The van der Waals surface area contributed by atoms with E-state index in [1.54, 1.807) is 4.72 Å². The molecule has 0 aromatic heterocycles. The Morgan fingerprint density at radius 1 is 1.33 bits per heavy atom. The Morgan fingerprint density at radius 2 is 1.90 bits per heavy atom. The number of amides is 1. The molecule has 1 rings (SSSR count). The van der Waals surface area contributed by atoms with E-state index in [2.05, 4.69) is 5.73 Å². The van der Waals surface area contributed by atoms with E-state index in [0.717, 1.165) is 0 Å². The van der Waals surface area contributed by atoms with E-state index in [0.29, 0.717) is 12.1 Å². The molecule has 1 aromatic carbocycles. The minimum Gasteiger partial charge on any atom is -0.478 e. The monoisotopic (exact) mass is 324 g/mol. The van der Waals surface area contributed by atoms with Gasteiger partial charge in [0.05, 0.1) is 5.56 Å². The van der Waals surface area contributed by atoms with Crippen LogP contribution in [0.2, 0.25) is 0 Å². The molecule has 0 radical (unpaired) electrons. The van der Waals surface area contributed by atoms with Crippen molar-refractivity contribution in [3.8, 4) is 0 Å². The van der Waals surface area contributed by atoms with Crippen molar-refractivity contribution in [3.05, 3.63) is 29.3 Å². The van der Waals surface area contributed by atoms with E-state index in [-0.39, 0.29) is 0 Å². The molecule has 0 aliphatic rings. The predicted molar refractivity (Wildman–Crippen MR) is 63.7 cm³/mol. The van der Waals surface area contributed by atoms with E-state index in [1.807, 2.05) is 0 Å². The molecular formula is C10H10F2N2O6S. The number of primary amides is 1. The van der Waals surface area contributed by atoms with Crippen molar-refractivity contribution in [2.24, 2.45) is 5.73 Å². The molecule has 1 amide bonds. The van der Waals surface area contributed by atoms with Gasteiger partial charge in [-0.3, -0.25) is 4.79 Å². The van der Waals surface area contributed by atoms with Crippen LogP contribution < -0.4 is 10.5 Å². The summed E-state index contributed by atoms with van der Waals surface area (Å²) in [5, 5.41) is 17.7. The maximum Gasteiger partial charge on any atom is 0.335 e. The van der Waals surface area contributed by atoms with Crippen LogP contribution in [0.4, 0.5) is 8.78 Å². The van der Waals surface area contributed by atoms with Crippen LogP contribution in [0.15, 0.2) is 17.0 Å². The smallest absolute Gasteiger partial charge is 0.335 e.